The van der Waals surface area contributed by atoms with Gasteiger partial charge in [0.1, 0.15) is 0 Å². The monoisotopic (exact) mass is 407 g/mol. The Morgan fingerprint density at radius 2 is 1.81 bits per heavy atom. The highest BCUT2D eigenvalue weighted by Crippen LogP contribution is 2.38. The van der Waals surface area contributed by atoms with Crippen molar-refractivity contribution in [2.24, 2.45) is 5.73 Å². The van der Waals surface area contributed by atoms with E-state index in [1.807, 2.05) is 36.7 Å². The highest BCUT2D eigenvalue weighted by molar-refractivity contribution is 5.90. The molecule has 1 atom stereocenters. The molecule has 0 bridgehead atoms. The van der Waals surface area contributed by atoms with Crippen molar-refractivity contribution in [3.05, 3.63) is 84.0 Å². The van der Waals surface area contributed by atoms with E-state index in [9.17, 15) is 0 Å². The van der Waals surface area contributed by atoms with Gasteiger partial charge in [-0.3, -0.25) is 0 Å². The van der Waals surface area contributed by atoms with Crippen molar-refractivity contribution in [1.29, 1.82) is 0 Å². The zero-order chi connectivity index (χ0) is 21.4. The number of nitrogens with two attached hydrogens (primary N) is 1. The Morgan fingerprint density at radius 1 is 1.06 bits per heavy atom. The summed E-state index contributed by atoms with van der Waals surface area (Å²) < 4.78 is 2.24. The van der Waals surface area contributed by atoms with Crippen LogP contribution >= 0.6 is 0 Å². The van der Waals surface area contributed by atoms with Gasteiger partial charge in [0, 0.05) is 37.1 Å². The number of piperidine rings is 1. The fraction of sp³-hybridized carbons (Fsp3) is 0.231. The van der Waals surface area contributed by atoms with Crippen LogP contribution in [0.2, 0.25) is 0 Å². The minimum absolute atomic E-state index is 0.183. The van der Waals surface area contributed by atoms with Crippen LogP contribution in [-0.2, 0) is 0 Å². The van der Waals surface area contributed by atoms with Crippen molar-refractivity contribution in [2.45, 2.75) is 25.8 Å². The number of anilines is 1. The molecule has 5 nitrogen and oxygen atoms in total. The van der Waals surface area contributed by atoms with E-state index in [0.717, 1.165) is 59.7 Å². The van der Waals surface area contributed by atoms with Crippen LogP contribution in [-0.4, -0.2) is 28.5 Å². The van der Waals surface area contributed by atoms with Gasteiger partial charge in [0.2, 0.25) is 0 Å². The second-order valence-corrected chi connectivity index (χ2v) is 8.29. The molecule has 1 fully saturated rings. The first-order valence-electron chi connectivity index (χ1n) is 10.7. The lowest BCUT2D eigenvalue weighted by Crippen LogP contribution is -2.43. The molecule has 0 radical (unpaired) electrons. The van der Waals surface area contributed by atoms with Crippen LogP contribution in [0.15, 0.2) is 67.0 Å². The van der Waals surface area contributed by atoms with E-state index in [-0.39, 0.29) is 6.04 Å². The molecule has 0 spiro atoms. The molecule has 4 aromatic rings. The number of rotatable bonds is 3. The summed E-state index contributed by atoms with van der Waals surface area (Å²) in [6.45, 7) is 11.2. The van der Waals surface area contributed by atoms with E-state index in [1.165, 1.54) is 5.56 Å². The minimum atomic E-state index is 0.183. The molecule has 1 saturated heterocycles. The average molecular weight is 408 g/mol. The predicted octanol–water partition coefficient (Wildman–Crippen LogP) is 5.46. The third-order valence-electron chi connectivity index (χ3n) is 6.07. The molecular formula is C26H25N5. The summed E-state index contributed by atoms with van der Waals surface area (Å²) in [5.41, 5.74) is 13.7. The topological polar surface area (TPSA) is 50.9 Å². The summed E-state index contributed by atoms with van der Waals surface area (Å²) in [4.78, 5) is 10.6. The molecule has 0 unspecified atom stereocenters. The molecular weight excluding hydrogens is 382 g/mol. The van der Waals surface area contributed by atoms with Crippen molar-refractivity contribution >= 4 is 17.0 Å². The molecule has 31 heavy (non-hydrogen) atoms. The fourth-order valence-electron chi connectivity index (χ4n) is 4.48. The zero-order valence-electron chi connectivity index (χ0n) is 17.6. The molecule has 2 aromatic carbocycles. The van der Waals surface area contributed by atoms with Gasteiger partial charge in [-0.05, 0) is 37.0 Å². The second kappa shape index (κ2) is 7.90. The van der Waals surface area contributed by atoms with E-state index in [2.05, 4.69) is 51.4 Å². The maximum atomic E-state index is 7.26. The van der Waals surface area contributed by atoms with Crippen molar-refractivity contribution in [2.75, 3.05) is 18.0 Å². The Balaban J connectivity index is 1.74. The summed E-state index contributed by atoms with van der Waals surface area (Å²) in [6.07, 6.45) is 6.06. The maximum absolute atomic E-state index is 7.26. The molecule has 5 rings (SSSR count). The Labute approximate surface area is 182 Å². The molecule has 2 N–H and O–H groups in total. The molecule has 1 aliphatic rings. The number of nitrogens with zero attached hydrogens (tertiary/aromatic N) is 4. The standard InChI is InChI=1S/C26H25N5/c1-18-5-7-20(8-6-18)25-23(19-9-11-22(28-2)12-10-19)16-24-26(29-13-15-31(24)25)30-14-3-4-21(27)17-30/h5-13,15-16,21H,3-4,14,17,27H2,1H3/t21-/m1/s1. The lowest BCUT2D eigenvalue weighted by Gasteiger charge is -2.32. The summed E-state index contributed by atoms with van der Waals surface area (Å²) in [5.74, 6) is 0.982. The normalized spacial score (nSPS) is 16.4. The van der Waals surface area contributed by atoms with Crippen LogP contribution in [0.3, 0.4) is 0 Å². The zero-order valence-corrected chi connectivity index (χ0v) is 17.6. The molecule has 0 amide bonds. The van der Waals surface area contributed by atoms with Gasteiger partial charge in [-0.1, -0.05) is 54.1 Å². The SMILES string of the molecule is [C-]#[N+]c1ccc(-c2cc3c(N4CCC[C@@H](N)C4)nccn3c2-c2ccc(C)cc2)cc1. The molecule has 3 heterocycles. The number of aromatic nitrogens is 2. The summed E-state index contributed by atoms with van der Waals surface area (Å²) >= 11 is 0. The van der Waals surface area contributed by atoms with Gasteiger partial charge in [0.15, 0.2) is 11.5 Å². The number of fused-ring (bicyclic) bond motifs is 1. The number of hydrogen-bond acceptors (Lipinski definition) is 3. The Morgan fingerprint density at radius 3 is 2.52 bits per heavy atom. The Kier molecular flexibility index (Phi) is 4.93. The molecule has 0 saturated carbocycles. The van der Waals surface area contributed by atoms with E-state index in [4.69, 9.17) is 17.3 Å². The number of aryl methyl sites for hydroxylation is 1. The first kappa shape index (κ1) is 19.3. The lowest BCUT2D eigenvalue weighted by atomic mass is 10.0. The summed E-state index contributed by atoms with van der Waals surface area (Å²) in [6, 6.07) is 18.9. The summed E-state index contributed by atoms with van der Waals surface area (Å²) in [5, 5.41) is 0. The van der Waals surface area contributed by atoms with E-state index in [1.54, 1.807) is 0 Å². The molecule has 5 heteroatoms. The highest BCUT2D eigenvalue weighted by atomic mass is 15.2. The van der Waals surface area contributed by atoms with Crippen LogP contribution in [0.4, 0.5) is 11.5 Å². The first-order valence-corrected chi connectivity index (χ1v) is 10.7. The predicted molar refractivity (Wildman–Crippen MR) is 126 cm³/mol. The van der Waals surface area contributed by atoms with E-state index < -0.39 is 0 Å². The maximum Gasteiger partial charge on any atom is 0.187 e. The molecule has 0 aliphatic carbocycles. The Bertz CT molecular complexity index is 1260. The van der Waals surface area contributed by atoms with Crippen molar-refractivity contribution < 1.29 is 0 Å². The molecule has 1 aliphatic heterocycles. The van der Waals surface area contributed by atoms with Crippen LogP contribution in [0.5, 0.6) is 0 Å². The highest BCUT2D eigenvalue weighted by Gasteiger charge is 2.23. The largest absolute Gasteiger partial charge is 0.353 e. The second-order valence-electron chi connectivity index (χ2n) is 8.29. The third-order valence-corrected chi connectivity index (χ3v) is 6.07. The van der Waals surface area contributed by atoms with Crippen molar-refractivity contribution in [3.63, 3.8) is 0 Å². The minimum Gasteiger partial charge on any atom is -0.353 e. The molecule has 2 aromatic heterocycles. The fourth-order valence-corrected chi connectivity index (χ4v) is 4.48. The van der Waals surface area contributed by atoms with Crippen molar-refractivity contribution in [3.8, 4) is 22.4 Å². The van der Waals surface area contributed by atoms with Gasteiger partial charge in [0.25, 0.3) is 0 Å². The lowest BCUT2D eigenvalue weighted by molar-refractivity contribution is 0.504. The van der Waals surface area contributed by atoms with Crippen LogP contribution in [0, 0.1) is 13.5 Å². The van der Waals surface area contributed by atoms with E-state index in [0.29, 0.717) is 5.69 Å². The quantitative estimate of drug-likeness (QED) is 0.459. The number of hydrogen-bond donors (Lipinski definition) is 1. The van der Waals surface area contributed by atoms with Crippen LogP contribution in [0.1, 0.15) is 18.4 Å². The third kappa shape index (κ3) is 3.56. The van der Waals surface area contributed by atoms with Crippen LogP contribution < -0.4 is 10.6 Å². The van der Waals surface area contributed by atoms with Gasteiger partial charge >= 0.3 is 0 Å². The summed E-state index contributed by atoms with van der Waals surface area (Å²) in [7, 11) is 0. The smallest absolute Gasteiger partial charge is 0.187 e. The van der Waals surface area contributed by atoms with E-state index >= 15 is 0 Å². The van der Waals surface area contributed by atoms with Crippen molar-refractivity contribution in [1.82, 2.24) is 9.38 Å². The Hall–Kier alpha value is -3.62. The van der Waals surface area contributed by atoms with Gasteiger partial charge in [-0.15, -0.1) is 0 Å². The van der Waals surface area contributed by atoms with Gasteiger partial charge in [-0.25, -0.2) is 9.83 Å². The first-order chi connectivity index (χ1) is 15.1. The van der Waals surface area contributed by atoms with Gasteiger partial charge in [-0.2, -0.15) is 0 Å². The average Bonchev–Trinajstić information content (AvgIpc) is 3.19. The van der Waals surface area contributed by atoms with Crippen LogP contribution in [0.25, 0.3) is 32.7 Å². The molecule has 154 valence electrons. The van der Waals surface area contributed by atoms with Gasteiger partial charge in [0.05, 0.1) is 17.8 Å². The van der Waals surface area contributed by atoms with Gasteiger partial charge < -0.3 is 15.0 Å². The number of benzene rings is 2.